The first-order valence-electron chi connectivity index (χ1n) is 13.6. The molecule has 1 aromatic carbocycles. The zero-order chi connectivity index (χ0) is 28.2. The largest absolute Gasteiger partial charge is 0.487 e. The van der Waals surface area contributed by atoms with Gasteiger partial charge in [0.15, 0.2) is 5.69 Å². The molecule has 2 aromatic heterocycles. The molecule has 0 spiro atoms. The molecular weight excluding hydrogens is 514 g/mol. The van der Waals surface area contributed by atoms with Crippen LogP contribution in [0.4, 0.5) is 4.79 Å². The molecule has 0 unspecified atom stereocenters. The van der Waals surface area contributed by atoms with Crippen LogP contribution in [-0.2, 0) is 16.1 Å². The van der Waals surface area contributed by atoms with Crippen molar-refractivity contribution in [1.82, 2.24) is 24.1 Å². The summed E-state index contributed by atoms with van der Waals surface area (Å²) in [6.45, 7) is 6.01. The zero-order valence-corrected chi connectivity index (χ0v) is 22.8. The molecule has 3 amide bonds. The van der Waals surface area contributed by atoms with E-state index in [0.717, 1.165) is 0 Å². The zero-order valence-electron chi connectivity index (χ0n) is 22.8. The quantitative estimate of drug-likeness (QED) is 0.482. The van der Waals surface area contributed by atoms with Crippen molar-refractivity contribution in [2.24, 2.45) is 5.92 Å². The molecule has 2 aliphatic heterocycles. The minimum atomic E-state index is -1.11. The van der Waals surface area contributed by atoms with Crippen LogP contribution in [0.15, 0.2) is 54.7 Å². The van der Waals surface area contributed by atoms with E-state index in [9.17, 15) is 19.5 Å². The summed E-state index contributed by atoms with van der Waals surface area (Å²) in [5.41, 5.74) is 1.46. The minimum Gasteiger partial charge on any atom is -0.487 e. The molecule has 5 rings (SSSR count). The fourth-order valence-electron chi connectivity index (χ4n) is 5.62. The van der Waals surface area contributed by atoms with Crippen LogP contribution in [0.5, 0.6) is 5.75 Å². The van der Waals surface area contributed by atoms with Gasteiger partial charge in [-0.25, -0.2) is 9.78 Å². The lowest BCUT2D eigenvalue weighted by Gasteiger charge is -2.44. The van der Waals surface area contributed by atoms with Crippen LogP contribution in [0.25, 0.3) is 5.65 Å². The number of pyridine rings is 1. The number of carbonyl (C=O) groups excluding carboxylic acids is 2. The molecule has 11 heteroatoms. The van der Waals surface area contributed by atoms with Gasteiger partial charge in [0.05, 0.1) is 30.9 Å². The number of aromatic nitrogens is 2. The number of amides is 3. The lowest BCUT2D eigenvalue weighted by atomic mass is 9.91. The van der Waals surface area contributed by atoms with E-state index in [1.807, 2.05) is 73.0 Å². The van der Waals surface area contributed by atoms with Gasteiger partial charge in [0.2, 0.25) is 5.91 Å². The maximum Gasteiger partial charge on any atom is 0.407 e. The number of benzene rings is 1. The third-order valence-corrected chi connectivity index (χ3v) is 7.51. The van der Waals surface area contributed by atoms with E-state index in [2.05, 4.69) is 4.98 Å². The van der Waals surface area contributed by atoms with Crippen LogP contribution in [0.3, 0.4) is 0 Å². The molecule has 2 atom stereocenters. The SMILES string of the molecule is CC(C)N(C(=O)c1nc2ccccn2c1COc1ccccc1)[C@H]1C[C@@H](C(=O)N2CCOCC2)CN(C(=O)O)C1. The Morgan fingerprint density at radius 2 is 1.77 bits per heavy atom. The van der Waals surface area contributed by atoms with Crippen molar-refractivity contribution < 1.29 is 29.0 Å². The summed E-state index contributed by atoms with van der Waals surface area (Å²) in [7, 11) is 0. The Labute approximate surface area is 232 Å². The van der Waals surface area contributed by atoms with Crippen LogP contribution in [0.2, 0.25) is 0 Å². The monoisotopic (exact) mass is 549 g/mol. The van der Waals surface area contributed by atoms with Crippen molar-refractivity contribution in [2.75, 3.05) is 39.4 Å². The summed E-state index contributed by atoms with van der Waals surface area (Å²) in [6, 6.07) is 14.1. The number of rotatable bonds is 7. The number of hydrogen-bond donors (Lipinski definition) is 1. The number of morpholine rings is 1. The second kappa shape index (κ2) is 12.0. The first kappa shape index (κ1) is 27.4. The van der Waals surface area contributed by atoms with Gasteiger partial charge in [-0.15, -0.1) is 0 Å². The van der Waals surface area contributed by atoms with Gasteiger partial charge < -0.3 is 29.3 Å². The van der Waals surface area contributed by atoms with E-state index < -0.39 is 18.1 Å². The van der Waals surface area contributed by atoms with E-state index in [1.165, 1.54) is 4.90 Å². The summed E-state index contributed by atoms with van der Waals surface area (Å²) in [5.74, 6) is -0.300. The summed E-state index contributed by atoms with van der Waals surface area (Å²) >= 11 is 0. The van der Waals surface area contributed by atoms with Crippen molar-refractivity contribution in [1.29, 1.82) is 0 Å². The highest BCUT2D eigenvalue weighted by Gasteiger charge is 2.41. The molecule has 0 bridgehead atoms. The number of likely N-dealkylation sites (tertiary alicyclic amines) is 1. The lowest BCUT2D eigenvalue weighted by Crippen LogP contribution is -2.58. The molecule has 2 fully saturated rings. The standard InChI is InChI=1S/C29H35N5O6/c1-20(2)34(22-16-21(17-32(18-22)29(37)38)27(35)31-12-14-39-15-13-31)28(36)26-24(19-40-23-8-4-3-5-9-23)33-11-7-6-10-25(33)30-26/h3-11,20-22H,12-19H2,1-2H3,(H,37,38)/t21-,22+/m1/s1. The average Bonchev–Trinajstić information content (AvgIpc) is 3.35. The van der Waals surface area contributed by atoms with Gasteiger partial charge in [-0.05, 0) is 44.5 Å². The van der Waals surface area contributed by atoms with E-state index in [-0.39, 0.29) is 43.2 Å². The summed E-state index contributed by atoms with van der Waals surface area (Å²) in [6.07, 6.45) is 1.10. The van der Waals surface area contributed by atoms with Crippen molar-refractivity contribution in [2.45, 2.75) is 39.0 Å². The topological polar surface area (TPSA) is 117 Å². The number of hydrogen-bond acceptors (Lipinski definition) is 6. The van der Waals surface area contributed by atoms with Gasteiger partial charge in [-0.1, -0.05) is 24.3 Å². The average molecular weight is 550 g/mol. The molecular formula is C29H35N5O6. The molecule has 1 N–H and O–H groups in total. The molecule has 11 nitrogen and oxygen atoms in total. The Balaban J connectivity index is 1.45. The highest BCUT2D eigenvalue weighted by atomic mass is 16.5. The molecule has 2 saturated heterocycles. The van der Waals surface area contributed by atoms with Crippen molar-refractivity contribution in [3.8, 4) is 5.75 Å². The molecule has 4 heterocycles. The number of imidazole rings is 1. The maximum absolute atomic E-state index is 14.3. The Hall–Kier alpha value is -4.12. The number of para-hydroxylation sites is 1. The Bertz CT molecular complexity index is 1350. The summed E-state index contributed by atoms with van der Waals surface area (Å²) < 4.78 is 13.2. The smallest absolute Gasteiger partial charge is 0.407 e. The second-order valence-corrected chi connectivity index (χ2v) is 10.5. The van der Waals surface area contributed by atoms with E-state index >= 15 is 0 Å². The predicted molar refractivity (Wildman–Crippen MR) is 146 cm³/mol. The van der Waals surface area contributed by atoms with Gasteiger partial charge in [-0.2, -0.15) is 0 Å². The fraction of sp³-hybridized carbons (Fsp3) is 0.448. The van der Waals surface area contributed by atoms with Crippen LogP contribution >= 0.6 is 0 Å². The molecule has 212 valence electrons. The lowest BCUT2D eigenvalue weighted by molar-refractivity contribution is -0.142. The Morgan fingerprint density at radius 3 is 2.48 bits per heavy atom. The Morgan fingerprint density at radius 1 is 1.05 bits per heavy atom. The van der Waals surface area contributed by atoms with Crippen molar-refractivity contribution >= 4 is 23.6 Å². The number of carboxylic acid groups (broad SMARTS) is 1. The number of fused-ring (bicyclic) bond motifs is 1. The number of ether oxygens (including phenoxy) is 2. The first-order chi connectivity index (χ1) is 19.3. The third-order valence-electron chi connectivity index (χ3n) is 7.51. The van der Waals surface area contributed by atoms with Gasteiger partial charge in [0.25, 0.3) is 5.91 Å². The van der Waals surface area contributed by atoms with E-state index in [1.54, 1.807) is 9.80 Å². The fourth-order valence-corrected chi connectivity index (χ4v) is 5.62. The highest BCUT2D eigenvalue weighted by Crippen LogP contribution is 2.28. The van der Waals surface area contributed by atoms with Crippen LogP contribution in [0, 0.1) is 5.92 Å². The molecule has 0 aliphatic carbocycles. The van der Waals surface area contributed by atoms with Gasteiger partial charge in [0, 0.05) is 38.4 Å². The van der Waals surface area contributed by atoms with Crippen LogP contribution < -0.4 is 4.74 Å². The maximum atomic E-state index is 14.3. The number of piperidine rings is 1. The van der Waals surface area contributed by atoms with Gasteiger partial charge >= 0.3 is 6.09 Å². The summed E-state index contributed by atoms with van der Waals surface area (Å²) in [4.78, 5) is 49.1. The normalized spacial score (nSPS) is 19.6. The highest BCUT2D eigenvalue weighted by molar-refractivity contribution is 5.95. The van der Waals surface area contributed by atoms with E-state index in [0.29, 0.717) is 49.8 Å². The van der Waals surface area contributed by atoms with Crippen LogP contribution in [-0.4, -0.2) is 98.6 Å². The molecule has 2 aliphatic rings. The molecule has 40 heavy (non-hydrogen) atoms. The third kappa shape index (κ3) is 5.74. The first-order valence-corrected chi connectivity index (χ1v) is 13.6. The van der Waals surface area contributed by atoms with Crippen molar-refractivity contribution in [3.05, 3.63) is 66.1 Å². The van der Waals surface area contributed by atoms with Gasteiger partial charge in [-0.3, -0.25) is 14.0 Å². The molecule has 0 saturated carbocycles. The predicted octanol–water partition coefficient (Wildman–Crippen LogP) is 2.99. The number of carbonyl (C=O) groups is 3. The Kier molecular flexibility index (Phi) is 8.20. The van der Waals surface area contributed by atoms with Crippen LogP contribution in [0.1, 0.15) is 36.5 Å². The van der Waals surface area contributed by atoms with Crippen molar-refractivity contribution in [3.63, 3.8) is 0 Å². The molecule has 3 aromatic rings. The second-order valence-electron chi connectivity index (χ2n) is 10.5. The number of nitrogens with zero attached hydrogens (tertiary/aromatic N) is 5. The molecule has 0 radical (unpaired) electrons. The van der Waals surface area contributed by atoms with Gasteiger partial charge in [0.1, 0.15) is 18.0 Å². The summed E-state index contributed by atoms with van der Waals surface area (Å²) in [5, 5.41) is 9.90. The van der Waals surface area contributed by atoms with E-state index in [4.69, 9.17) is 9.47 Å². The minimum absolute atomic E-state index is 0.0971.